The fourth-order valence-electron chi connectivity index (χ4n) is 3.03. The van der Waals surface area contributed by atoms with E-state index < -0.39 is 0 Å². The predicted molar refractivity (Wildman–Crippen MR) is 83.1 cm³/mol. The fourth-order valence-corrected chi connectivity index (χ4v) is 3.03. The van der Waals surface area contributed by atoms with Gasteiger partial charge in [-0.1, -0.05) is 19.9 Å². The van der Waals surface area contributed by atoms with Crippen LogP contribution in [0, 0.1) is 12.8 Å². The van der Waals surface area contributed by atoms with Crippen molar-refractivity contribution in [1.29, 1.82) is 0 Å². The number of aliphatic hydroxyl groups excluding tert-OH is 1. The van der Waals surface area contributed by atoms with Crippen LogP contribution in [0.5, 0.6) is 0 Å². The number of hydrogen-bond donors (Lipinski definition) is 1. The highest BCUT2D eigenvalue weighted by atomic mass is 16.3. The van der Waals surface area contributed by atoms with Crippen LogP contribution in [0.25, 0.3) is 0 Å². The zero-order chi connectivity index (χ0) is 14.5. The molecule has 1 aliphatic rings. The Bertz CT molecular complexity index is 422. The Labute approximate surface area is 122 Å². The van der Waals surface area contributed by atoms with Gasteiger partial charge in [-0.2, -0.15) is 0 Å². The molecule has 0 amide bonds. The highest BCUT2D eigenvalue weighted by Crippen LogP contribution is 2.22. The van der Waals surface area contributed by atoms with Crippen molar-refractivity contribution in [3.05, 3.63) is 23.9 Å². The van der Waals surface area contributed by atoms with Crippen molar-refractivity contribution in [2.45, 2.75) is 33.2 Å². The molecule has 1 atom stereocenters. The van der Waals surface area contributed by atoms with E-state index in [9.17, 15) is 5.11 Å². The van der Waals surface area contributed by atoms with E-state index in [4.69, 9.17) is 0 Å². The lowest BCUT2D eigenvalue weighted by Crippen LogP contribution is -2.54. The first-order chi connectivity index (χ1) is 9.61. The monoisotopic (exact) mass is 277 g/mol. The number of aliphatic hydroxyl groups is 1. The summed E-state index contributed by atoms with van der Waals surface area (Å²) >= 11 is 0. The van der Waals surface area contributed by atoms with E-state index >= 15 is 0 Å². The minimum absolute atomic E-state index is 0.258. The molecule has 4 heteroatoms. The van der Waals surface area contributed by atoms with E-state index in [1.807, 2.05) is 12.3 Å². The van der Waals surface area contributed by atoms with E-state index in [-0.39, 0.29) is 6.61 Å². The van der Waals surface area contributed by atoms with Gasteiger partial charge in [0.25, 0.3) is 0 Å². The topological polar surface area (TPSA) is 39.6 Å². The molecule has 0 spiro atoms. The maximum atomic E-state index is 9.32. The normalized spacial score (nSPS) is 20.6. The molecule has 0 bridgehead atoms. The maximum absolute atomic E-state index is 9.32. The van der Waals surface area contributed by atoms with E-state index in [1.165, 1.54) is 5.56 Å². The number of rotatable bonds is 5. The molecule has 1 aliphatic heterocycles. The summed E-state index contributed by atoms with van der Waals surface area (Å²) in [5, 5.41) is 9.32. The fraction of sp³-hybridized carbons (Fsp3) is 0.688. The lowest BCUT2D eigenvalue weighted by Gasteiger charge is -2.43. The van der Waals surface area contributed by atoms with Crippen LogP contribution in [0.4, 0.5) is 5.82 Å². The largest absolute Gasteiger partial charge is 0.396 e. The van der Waals surface area contributed by atoms with Crippen molar-refractivity contribution >= 4 is 5.82 Å². The second kappa shape index (κ2) is 7.04. The van der Waals surface area contributed by atoms with Crippen LogP contribution in [0.15, 0.2) is 18.3 Å². The average molecular weight is 277 g/mol. The molecule has 0 radical (unpaired) electrons. The minimum Gasteiger partial charge on any atom is -0.396 e. The van der Waals surface area contributed by atoms with Crippen LogP contribution in [-0.4, -0.2) is 53.8 Å². The first-order valence-corrected chi connectivity index (χ1v) is 7.63. The lowest BCUT2D eigenvalue weighted by molar-refractivity contribution is 0.128. The van der Waals surface area contributed by atoms with E-state index in [2.05, 4.69) is 41.6 Å². The van der Waals surface area contributed by atoms with Gasteiger partial charge in [-0.15, -0.1) is 0 Å². The first-order valence-electron chi connectivity index (χ1n) is 7.63. The van der Waals surface area contributed by atoms with Gasteiger partial charge in [0.2, 0.25) is 0 Å². The predicted octanol–water partition coefficient (Wildman–Crippen LogP) is 1.92. The summed E-state index contributed by atoms with van der Waals surface area (Å²) in [6, 6.07) is 4.53. The van der Waals surface area contributed by atoms with Gasteiger partial charge in [-0.05, 0) is 30.9 Å². The molecule has 2 heterocycles. The molecule has 1 saturated heterocycles. The van der Waals surface area contributed by atoms with Gasteiger partial charge in [0, 0.05) is 45.0 Å². The van der Waals surface area contributed by atoms with Crippen molar-refractivity contribution in [3.63, 3.8) is 0 Å². The first kappa shape index (κ1) is 15.3. The highest BCUT2D eigenvalue weighted by Gasteiger charge is 2.28. The molecule has 1 aromatic rings. The van der Waals surface area contributed by atoms with E-state index in [0.717, 1.165) is 38.4 Å². The van der Waals surface area contributed by atoms with Crippen LogP contribution >= 0.6 is 0 Å². The molecule has 1 fully saturated rings. The number of hydrogen-bond acceptors (Lipinski definition) is 4. The number of anilines is 1. The molecule has 20 heavy (non-hydrogen) atoms. The molecule has 4 nitrogen and oxygen atoms in total. The molecular formula is C16H27N3O. The van der Waals surface area contributed by atoms with Gasteiger partial charge >= 0.3 is 0 Å². The summed E-state index contributed by atoms with van der Waals surface area (Å²) in [4.78, 5) is 9.42. The molecule has 0 saturated carbocycles. The number of piperazine rings is 1. The Morgan fingerprint density at radius 3 is 2.85 bits per heavy atom. The van der Waals surface area contributed by atoms with Gasteiger partial charge in [0.05, 0.1) is 0 Å². The van der Waals surface area contributed by atoms with E-state index in [0.29, 0.717) is 12.0 Å². The molecular weight excluding hydrogens is 250 g/mol. The van der Waals surface area contributed by atoms with Crippen LogP contribution in [0.2, 0.25) is 0 Å². The SMILES string of the molecule is Cc1cccnc1N1CCN(CC(C)C)C(CCO)C1. The summed E-state index contributed by atoms with van der Waals surface area (Å²) in [5.41, 5.74) is 1.23. The second-order valence-corrected chi connectivity index (χ2v) is 6.14. The third-order valence-electron chi connectivity index (χ3n) is 3.95. The van der Waals surface area contributed by atoms with Gasteiger partial charge in [0.15, 0.2) is 0 Å². The van der Waals surface area contributed by atoms with Crippen molar-refractivity contribution in [2.75, 3.05) is 37.7 Å². The maximum Gasteiger partial charge on any atom is 0.131 e. The van der Waals surface area contributed by atoms with Crippen LogP contribution < -0.4 is 4.90 Å². The zero-order valence-electron chi connectivity index (χ0n) is 12.9. The summed E-state index contributed by atoms with van der Waals surface area (Å²) in [6.07, 6.45) is 2.71. The van der Waals surface area contributed by atoms with Crippen molar-refractivity contribution in [3.8, 4) is 0 Å². The molecule has 2 rings (SSSR count). The summed E-state index contributed by atoms with van der Waals surface area (Å²) in [6.45, 7) is 11.0. The molecule has 1 unspecified atom stereocenters. The standard InChI is InChI=1S/C16H27N3O/c1-13(2)11-18-8-9-19(12-15(18)6-10-20)16-14(3)5-4-7-17-16/h4-5,7,13,15,20H,6,8-12H2,1-3H3. The number of pyridine rings is 1. The van der Waals surface area contributed by atoms with Gasteiger partial charge in [0.1, 0.15) is 5.82 Å². The van der Waals surface area contributed by atoms with E-state index in [1.54, 1.807) is 0 Å². The van der Waals surface area contributed by atoms with Gasteiger partial charge < -0.3 is 10.0 Å². The quantitative estimate of drug-likeness (QED) is 0.892. The highest BCUT2D eigenvalue weighted by molar-refractivity contribution is 5.46. The van der Waals surface area contributed by atoms with Crippen LogP contribution in [0.1, 0.15) is 25.8 Å². The van der Waals surface area contributed by atoms with Gasteiger partial charge in [-0.3, -0.25) is 4.90 Å². The zero-order valence-corrected chi connectivity index (χ0v) is 12.9. The summed E-state index contributed by atoms with van der Waals surface area (Å²) in [5.74, 6) is 1.76. The third-order valence-corrected chi connectivity index (χ3v) is 3.95. The average Bonchev–Trinajstić information content (AvgIpc) is 2.41. The summed E-state index contributed by atoms with van der Waals surface area (Å²) in [7, 11) is 0. The minimum atomic E-state index is 0.258. The lowest BCUT2D eigenvalue weighted by atomic mass is 10.1. The second-order valence-electron chi connectivity index (χ2n) is 6.14. The molecule has 1 N–H and O–H groups in total. The van der Waals surface area contributed by atoms with Crippen molar-refractivity contribution < 1.29 is 5.11 Å². The Morgan fingerprint density at radius 2 is 2.20 bits per heavy atom. The van der Waals surface area contributed by atoms with Crippen LogP contribution in [-0.2, 0) is 0 Å². The molecule has 0 aliphatic carbocycles. The number of aryl methyl sites for hydroxylation is 1. The smallest absolute Gasteiger partial charge is 0.131 e. The Hall–Kier alpha value is -1.13. The Kier molecular flexibility index (Phi) is 5.38. The molecule has 1 aromatic heterocycles. The summed E-state index contributed by atoms with van der Waals surface area (Å²) < 4.78 is 0. The van der Waals surface area contributed by atoms with Crippen LogP contribution in [0.3, 0.4) is 0 Å². The number of nitrogens with zero attached hydrogens (tertiary/aromatic N) is 3. The Balaban J connectivity index is 2.08. The molecule has 0 aromatic carbocycles. The van der Waals surface area contributed by atoms with Crippen molar-refractivity contribution in [1.82, 2.24) is 9.88 Å². The van der Waals surface area contributed by atoms with Gasteiger partial charge in [-0.25, -0.2) is 4.98 Å². The molecule has 112 valence electrons. The van der Waals surface area contributed by atoms with Crippen molar-refractivity contribution in [2.24, 2.45) is 5.92 Å². The Morgan fingerprint density at radius 1 is 1.40 bits per heavy atom. The third kappa shape index (κ3) is 3.70. The number of aromatic nitrogens is 1.